The molecule has 0 radical (unpaired) electrons. The third-order valence-electron chi connectivity index (χ3n) is 2.60. The molecule has 1 aromatic rings. The first kappa shape index (κ1) is 11.9. The molecule has 1 aliphatic carbocycles. The van der Waals surface area contributed by atoms with Crippen molar-refractivity contribution in [2.75, 3.05) is 0 Å². The smallest absolute Gasteiger partial charge is 0.316 e. The van der Waals surface area contributed by atoms with Crippen LogP contribution in [-0.4, -0.2) is 16.9 Å². The van der Waals surface area contributed by atoms with E-state index >= 15 is 0 Å². The second kappa shape index (κ2) is 4.71. The lowest BCUT2D eigenvalue weighted by molar-refractivity contribution is -0.497. The Morgan fingerprint density at radius 1 is 1.59 bits per heavy atom. The highest BCUT2D eigenvalue weighted by Gasteiger charge is 2.54. The van der Waals surface area contributed by atoms with Crippen molar-refractivity contribution in [1.82, 2.24) is 0 Å². The number of nitro groups is 1. The van der Waals surface area contributed by atoms with Gasteiger partial charge < -0.3 is 4.74 Å². The Hall–Kier alpha value is -1.62. The fraction of sp³-hybridized carbons (Fsp3) is 0.364. The molecule has 5 nitrogen and oxygen atoms in total. The number of rotatable bonds is 4. The highest BCUT2D eigenvalue weighted by Crippen LogP contribution is 2.34. The van der Waals surface area contributed by atoms with Gasteiger partial charge >= 0.3 is 5.97 Å². The van der Waals surface area contributed by atoms with Crippen LogP contribution in [0, 0.1) is 16.0 Å². The average molecular weight is 256 g/mol. The quantitative estimate of drug-likeness (QED) is 0.469. The van der Waals surface area contributed by atoms with Crippen LogP contribution < -0.4 is 0 Å². The lowest BCUT2D eigenvalue weighted by Gasteiger charge is -2.03. The molecule has 2 atom stereocenters. The molecular weight excluding hydrogens is 246 g/mol. The summed E-state index contributed by atoms with van der Waals surface area (Å²) in [5, 5.41) is 10.9. The van der Waals surface area contributed by atoms with Crippen LogP contribution in [0.15, 0.2) is 24.3 Å². The summed E-state index contributed by atoms with van der Waals surface area (Å²) in [6, 6.07) is 6.17. The maximum absolute atomic E-state index is 11.4. The molecule has 0 aliphatic heterocycles. The van der Waals surface area contributed by atoms with Gasteiger partial charge in [0, 0.05) is 16.4 Å². The second-order valence-electron chi connectivity index (χ2n) is 3.93. The van der Waals surface area contributed by atoms with Crippen LogP contribution in [0.3, 0.4) is 0 Å². The van der Waals surface area contributed by atoms with Crippen LogP contribution in [0.1, 0.15) is 12.0 Å². The second-order valence-corrected chi connectivity index (χ2v) is 4.37. The van der Waals surface area contributed by atoms with E-state index in [4.69, 9.17) is 16.3 Å². The van der Waals surface area contributed by atoms with Crippen molar-refractivity contribution < 1.29 is 14.5 Å². The van der Waals surface area contributed by atoms with Gasteiger partial charge in [0.1, 0.15) is 12.5 Å². The summed E-state index contributed by atoms with van der Waals surface area (Å²) in [5.41, 5.74) is 0.768. The minimum absolute atomic E-state index is 0.0975. The van der Waals surface area contributed by atoms with Crippen molar-refractivity contribution in [2.45, 2.75) is 19.1 Å². The van der Waals surface area contributed by atoms with Crippen LogP contribution in [0.4, 0.5) is 0 Å². The van der Waals surface area contributed by atoms with Crippen molar-refractivity contribution in [3.8, 4) is 0 Å². The Morgan fingerprint density at radius 2 is 2.35 bits per heavy atom. The highest BCUT2D eigenvalue weighted by atomic mass is 35.5. The predicted octanol–water partition coefficient (Wildman–Crippen LogP) is 2.05. The van der Waals surface area contributed by atoms with E-state index in [1.165, 1.54) is 0 Å². The molecule has 0 N–H and O–H groups in total. The maximum atomic E-state index is 11.4. The number of nitrogens with zero attached hydrogens (tertiary/aromatic N) is 1. The molecule has 17 heavy (non-hydrogen) atoms. The first-order valence-corrected chi connectivity index (χ1v) is 5.50. The van der Waals surface area contributed by atoms with Crippen molar-refractivity contribution in [3.05, 3.63) is 45.0 Å². The van der Waals surface area contributed by atoms with E-state index in [9.17, 15) is 14.9 Å². The first-order valence-electron chi connectivity index (χ1n) is 5.12. The van der Waals surface area contributed by atoms with Gasteiger partial charge in [0.25, 0.3) is 0 Å². The van der Waals surface area contributed by atoms with Gasteiger partial charge in [0.05, 0.1) is 0 Å². The Labute approximate surface area is 102 Å². The summed E-state index contributed by atoms with van der Waals surface area (Å²) in [6.45, 7) is 0.0975. The summed E-state index contributed by atoms with van der Waals surface area (Å²) in [4.78, 5) is 21.4. The van der Waals surface area contributed by atoms with Crippen LogP contribution >= 0.6 is 11.6 Å². The molecule has 2 rings (SSSR count). The zero-order chi connectivity index (χ0) is 12.4. The molecule has 1 aliphatic rings. The number of halogens is 1. The molecule has 90 valence electrons. The third kappa shape index (κ3) is 2.94. The topological polar surface area (TPSA) is 69.4 Å². The normalized spacial score (nSPS) is 21.9. The molecule has 1 saturated carbocycles. The maximum Gasteiger partial charge on any atom is 0.316 e. The van der Waals surface area contributed by atoms with E-state index in [0.29, 0.717) is 5.02 Å². The number of esters is 1. The van der Waals surface area contributed by atoms with E-state index in [0.717, 1.165) is 5.56 Å². The molecule has 0 heterocycles. The molecule has 0 saturated heterocycles. The zero-order valence-corrected chi connectivity index (χ0v) is 9.59. The predicted molar refractivity (Wildman–Crippen MR) is 60.1 cm³/mol. The Morgan fingerprint density at radius 3 is 2.94 bits per heavy atom. The van der Waals surface area contributed by atoms with E-state index in [1.807, 2.05) is 0 Å². The van der Waals surface area contributed by atoms with Gasteiger partial charge in [-0.15, -0.1) is 0 Å². The molecule has 0 amide bonds. The summed E-state index contributed by atoms with van der Waals surface area (Å²) in [5.74, 6) is -1.09. The number of hydrogen-bond donors (Lipinski definition) is 0. The fourth-order valence-corrected chi connectivity index (χ4v) is 1.77. The summed E-state index contributed by atoms with van der Waals surface area (Å²) < 4.78 is 4.99. The van der Waals surface area contributed by atoms with Crippen molar-refractivity contribution in [1.29, 1.82) is 0 Å². The van der Waals surface area contributed by atoms with Gasteiger partial charge in [0.2, 0.25) is 6.04 Å². The van der Waals surface area contributed by atoms with E-state index in [2.05, 4.69) is 0 Å². The molecule has 0 aromatic heterocycles. The van der Waals surface area contributed by atoms with Crippen molar-refractivity contribution in [3.63, 3.8) is 0 Å². The van der Waals surface area contributed by atoms with Crippen LogP contribution in [0.25, 0.3) is 0 Å². The van der Waals surface area contributed by atoms with Gasteiger partial charge in [-0.1, -0.05) is 23.7 Å². The molecular formula is C11H10ClNO4. The average Bonchev–Trinajstić information content (AvgIpc) is 3.06. The number of carbonyl (C=O) groups is 1. The van der Waals surface area contributed by atoms with Gasteiger partial charge in [-0.2, -0.15) is 0 Å². The third-order valence-corrected chi connectivity index (χ3v) is 2.84. The van der Waals surface area contributed by atoms with Crippen LogP contribution in [0.2, 0.25) is 5.02 Å². The number of benzene rings is 1. The van der Waals surface area contributed by atoms with Crippen molar-refractivity contribution in [2.24, 2.45) is 5.92 Å². The van der Waals surface area contributed by atoms with Gasteiger partial charge in [0.15, 0.2) is 0 Å². The van der Waals surface area contributed by atoms with Crippen LogP contribution in [0.5, 0.6) is 0 Å². The Balaban J connectivity index is 1.83. The van der Waals surface area contributed by atoms with Gasteiger partial charge in [-0.05, 0) is 17.7 Å². The minimum atomic E-state index is -0.762. The van der Waals surface area contributed by atoms with Crippen LogP contribution in [-0.2, 0) is 16.1 Å². The SMILES string of the molecule is O=C(OCc1cccc(Cl)c1)C1CC1[N+](=O)[O-]. The first-order chi connectivity index (χ1) is 8.08. The minimum Gasteiger partial charge on any atom is -0.460 e. The molecule has 6 heteroatoms. The number of ether oxygens (including phenoxy) is 1. The monoisotopic (exact) mass is 255 g/mol. The highest BCUT2D eigenvalue weighted by molar-refractivity contribution is 6.30. The number of hydrogen-bond acceptors (Lipinski definition) is 4. The molecule has 1 fully saturated rings. The van der Waals surface area contributed by atoms with E-state index in [-0.39, 0.29) is 13.0 Å². The molecule has 0 spiro atoms. The molecule has 1 aromatic carbocycles. The van der Waals surface area contributed by atoms with E-state index < -0.39 is 22.9 Å². The largest absolute Gasteiger partial charge is 0.460 e. The lowest BCUT2D eigenvalue weighted by Crippen LogP contribution is -2.13. The Kier molecular flexibility index (Phi) is 3.28. The van der Waals surface area contributed by atoms with Crippen molar-refractivity contribution >= 4 is 17.6 Å². The van der Waals surface area contributed by atoms with E-state index in [1.54, 1.807) is 24.3 Å². The summed E-state index contributed by atoms with van der Waals surface area (Å²) >= 11 is 5.77. The summed E-state index contributed by atoms with van der Waals surface area (Å²) in [6.07, 6.45) is 0.279. The van der Waals surface area contributed by atoms with Gasteiger partial charge in [-0.25, -0.2) is 0 Å². The standard InChI is InChI=1S/C11H10ClNO4/c12-8-3-1-2-7(4-8)6-17-11(14)9-5-10(9)13(15)16/h1-4,9-10H,5-6H2. The van der Waals surface area contributed by atoms with Gasteiger partial charge in [-0.3, -0.25) is 14.9 Å². The summed E-state index contributed by atoms with van der Waals surface area (Å²) in [7, 11) is 0. The number of carbonyl (C=O) groups excluding carboxylic acids is 1. The lowest BCUT2D eigenvalue weighted by atomic mass is 10.2. The molecule has 0 bridgehead atoms. The fourth-order valence-electron chi connectivity index (χ4n) is 1.56. The molecule has 2 unspecified atom stereocenters. The zero-order valence-electron chi connectivity index (χ0n) is 8.84. The Bertz CT molecular complexity index is 463.